The minimum absolute atomic E-state index is 0.296. The first-order chi connectivity index (χ1) is 9.69. The largest absolute Gasteiger partial charge is 0.325 e. The fourth-order valence-electron chi connectivity index (χ4n) is 1.77. The van der Waals surface area contributed by atoms with Crippen LogP contribution < -0.4 is 16.0 Å². The van der Waals surface area contributed by atoms with Crippen molar-refractivity contribution in [1.82, 2.24) is 15.5 Å². The van der Waals surface area contributed by atoms with Gasteiger partial charge in [0, 0.05) is 11.7 Å². The van der Waals surface area contributed by atoms with Crippen molar-refractivity contribution in [3.63, 3.8) is 0 Å². The Bertz CT molecular complexity index is 540. The third-order valence-corrected chi connectivity index (χ3v) is 3.37. The van der Waals surface area contributed by atoms with E-state index in [1.807, 2.05) is 24.3 Å². The van der Waals surface area contributed by atoms with Crippen molar-refractivity contribution in [2.75, 3.05) is 17.2 Å². The van der Waals surface area contributed by atoms with E-state index in [4.69, 9.17) is 0 Å². The van der Waals surface area contributed by atoms with Crippen molar-refractivity contribution >= 4 is 28.2 Å². The number of anilines is 2. The molecule has 2 amide bonds. The van der Waals surface area contributed by atoms with E-state index < -0.39 is 0 Å². The van der Waals surface area contributed by atoms with Gasteiger partial charge in [-0.1, -0.05) is 30.4 Å². The maximum atomic E-state index is 11.7. The van der Waals surface area contributed by atoms with Crippen LogP contribution in [0.3, 0.4) is 0 Å². The van der Waals surface area contributed by atoms with Crippen molar-refractivity contribution < 1.29 is 4.79 Å². The number of carbonyl (C=O) groups excluding carboxylic acids is 1. The molecular formula is C13H17N5OS. The van der Waals surface area contributed by atoms with Gasteiger partial charge in [-0.3, -0.25) is 5.32 Å². The summed E-state index contributed by atoms with van der Waals surface area (Å²) < 4.78 is 0. The Balaban J connectivity index is 1.91. The maximum Gasteiger partial charge on any atom is 0.325 e. The van der Waals surface area contributed by atoms with E-state index >= 15 is 0 Å². The van der Waals surface area contributed by atoms with Crippen LogP contribution in [0.1, 0.15) is 25.5 Å². The molecule has 0 bridgehead atoms. The Morgan fingerprint density at radius 3 is 2.65 bits per heavy atom. The van der Waals surface area contributed by atoms with E-state index in [0.717, 1.165) is 12.2 Å². The van der Waals surface area contributed by atoms with Crippen LogP contribution in [0.2, 0.25) is 0 Å². The lowest BCUT2D eigenvalue weighted by Gasteiger charge is -2.13. The summed E-state index contributed by atoms with van der Waals surface area (Å²) in [5.41, 5.74) is 3.48. The second-order valence-electron chi connectivity index (χ2n) is 4.22. The number of nitrogens with one attached hydrogen (secondary N) is 3. The molecule has 0 aliphatic rings. The van der Waals surface area contributed by atoms with Crippen LogP contribution in [0.4, 0.5) is 15.6 Å². The summed E-state index contributed by atoms with van der Waals surface area (Å²) in [6.45, 7) is 5.10. The van der Waals surface area contributed by atoms with Crippen LogP contribution >= 0.6 is 11.3 Å². The number of amides is 2. The van der Waals surface area contributed by atoms with Gasteiger partial charge in [-0.15, -0.1) is 10.2 Å². The Morgan fingerprint density at radius 2 is 2.05 bits per heavy atom. The smallest absolute Gasteiger partial charge is 0.310 e. The van der Waals surface area contributed by atoms with E-state index in [2.05, 4.69) is 40.0 Å². The highest BCUT2D eigenvalue weighted by Crippen LogP contribution is 2.16. The number of aromatic nitrogens is 2. The molecule has 1 heterocycles. The van der Waals surface area contributed by atoms with E-state index in [1.54, 1.807) is 5.51 Å². The summed E-state index contributed by atoms with van der Waals surface area (Å²) in [6, 6.07) is 7.71. The quantitative estimate of drug-likeness (QED) is 0.791. The van der Waals surface area contributed by atoms with Gasteiger partial charge in [-0.25, -0.2) is 4.79 Å². The third-order valence-electron chi connectivity index (χ3n) is 2.76. The zero-order valence-electron chi connectivity index (χ0n) is 11.4. The molecule has 0 aliphatic heterocycles. The van der Waals surface area contributed by atoms with Gasteiger partial charge in [0.15, 0.2) is 0 Å². The normalized spacial score (nSPS) is 11.9. The summed E-state index contributed by atoms with van der Waals surface area (Å²) >= 11 is 1.27. The molecule has 0 fully saturated rings. The van der Waals surface area contributed by atoms with Crippen LogP contribution in [0, 0.1) is 0 Å². The molecule has 1 atom stereocenters. The number of benzene rings is 1. The third kappa shape index (κ3) is 4.01. The second-order valence-corrected chi connectivity index (χ2v) is 5.06. The SMILES string of the molecule is CCNC(C)c1ccc(NC(=O)Nc2nncs2)cc1. The highest BCUT2D eigenvalue weighted by molar-refractivity contribution is 7.13. The Morgan fingerprint density at radius 1 is 1.30 bits per heavy atom. The molecule has 2 aromatic rings. The summed E-state index contributed by atoms with van der Waals surface area (Å²) in [5.74, 6) is 0. The van der Waals surface area contributed by atoms with E-state index in [9.17, 15) is 4.79 Å². The lowest BCUT2D eigenvalue weighted by atomic mass is 10.1. The molecule has 0 saturated carbocycles. The Kier molecular flexibility index (Phi) is 5.03. The Labute approximate surface area is 121 Å². The van der Waals surface area contributed by atoms with Crippen molar-refractivity contribution in [2.45, 2.75) is 19.9 Å². The monoisotopic (exact) mass is 291 g/mol. The minimum Gasteiger partial charge on any atom is -0.310 e. The zero-order chi connectivity index (χ0) is 14.4. The average Bonchev–Trinajstić information content (AvgIpc) is 2.92. The van der Waals surface area contributed by atoms with Crippen molar-refractivity contribution in [2.24, 2.45) is 0 Å². The first-order valence-corrected chi connectivity index (χ1v) is 7.24. The molecule has 0 radical (unpaired) electrons. The molecule has 7 heteroatoms. The van der Waals surface area contributed by atoms with Crippen LogP contribution in [-0.4, -0.2) is 22.8 Å². The number of hydrogen-bond donors (Lipinski definition) is 3. The maximum absolute atomic E-state index is 11.7. The molecule has 0 spiro atoms. The molecule has 1 aromatic heterocycles. The Hall–Kier alpha value is -1.99. The topological polar surface area (TPSA) is 78.9 Å². The summed E-state index contributed by atoms with van der Waals surface area (Å²) in [7, 11) is 0. The van der Waals surface area contributed by atoms with Gasteiger partial charge in [-0.05, 0) is 31.2 Å². The van der Waals surface area contributed by atoms with Crippen LogP contribution in [-0.2, 0) is 0 Å². The number of nitrogens with zero attached hydrogens (tertiary/aromatic N) is 2. The van der Waals surface area contributed by atoms with Gasteiger partial charge in [0.2, 0.25) is 5.13 Å². The number of rotatable bonds is 5. The highest BCUT2D eigenvalue weighted by Gasteiger charge is 2.06. The van der Waals surface area contributed by atoms with Gasteiger partial charge >= 0.3 is 6.03 Å². The first-order valence-electron chi connectivity index (χ1n) is 6.36. The standard InChI is InChI=1S/C13H17N5OS/c1-3-14-9(2)10-4-6-11(7-5-10)16-12(19)17-13-18-15-8-20-13/h4-9,14H,3H2,1-2H3,(H2,16,17,18,19). The van der Waals surface area contributed by atoms with E-state index in [0.29, 0.717) is 11.2 Å². The van der Waals surface area contributed by atoms with E-state index in [1.165, 1.54) is 16.9 Å². The number of hydrogen-bond acceptors (Lipinski definition) is 5. The summed E-state index contributed by atoms with van der Waals surface area (Å²) in [5, 5.41) is 16.6. The molecule has 1 aromatic carbocycles. The predicted octanol–water partition coefficient (Wildman–Crippen LogP) is 2.85. The molecule has 106 valence electrons. The predicted molar refractivity (Wildman–Crippen MR) is 81.1 cm³/mol. The molecular weight excluding hydrogens is 274 g/mol. The summed E-state index contributed by atoms with van der Waals surface area (Å²) in [4.78, 5) is 11.7. The van der Waals surface area contributed by atoms with Gasteiger partial charge in [0.1, 0.15) is 5.51 Å². The fourth-order valence-corrected chi connectivity index (χ4v) is 2.21. The van der Waals surface area contributed by atoms with Gasteiger partial charge in [-0.2, -0.15) is 0 Å². The molecule has 3 N–H and O–H groups in total. The second kappa shape index (κ2) is 6.97. The van der Waals surface area contributed by atoms with Crippen molar-refractivity contribution in [3.05, 3.63) is 35.3 Å². The van der Waals surface area contributed by atoms with Crippen LogP contribution in [0.5, 0.6) is 0 Å². The van der Waals surface area contributed by atoms with Gasteiger partial charge in [0.05, 0.1) is 0 Å². The lowest BCUT2D eigenvalue weighted by molar-refractivity contribution is 0.262. The van der Waals surface area contributed by atoms with Gasteiger partial charge < -0.3 is 10.6 Å². The first kappa shape index (κ1) is 14.4. The zero-order valence-corrected chi connectivity index (χ0v) is 12.2. The number of carbonyl (C=O) groups is 1. The van der Waals surface area contributed by atoms with Crippen molar-refractivity contribution in [1.29, 1.82) is 0 Å². The van der Waals surface area contributed by atoms with Crippen LogP contribution in [0.25, 0.3) is 0 Å². The lowest BCUT2D eigenvalue weighted by Crippen LogP contribution is -2.20. The highest BCUT2D eigenvalue weighted by atomic mass is 32.1. The number of urea groups is 1. The molecule has 2 rings (SSSR count). The molecule has 6 nitrogen and oxygen atoms in total. The fraction of sp³-hybridized carbons (Fsp3) is 0.308. The summed E-state index contributed by atoms with van der Waals surface area (Å²) in [6.07, 6.45) is 0. The molecule has 0 saturated heterocycles. The molecule has 20 heavy (non-hydrogen) atoms. The van der Waals surface area contributed by atoms with Gasteiger partial charge in [0.25, 0.3) is 0 Å². The van der Waals surface area contributed by atoms with Crippen molar-refractivity contribution in [3.8, 4) is 0 Å². The molecule has 0 aliphatic carbocycles. The minimum atomic E-state index is -0.325. The molecule has 1 unspecified atom stereocenters. The van der Waals surface area contributed by atoms with E-state index in [-0.39, 0.29) is 6.03 Å². The average molecular weight is 291 g/mol. The van der Waals surface area contributed by atoms with Crippen LogP contribution in [0.15, 0.2) is 29.8 Å².